The highest BCUT2D eigenvalue weighted by molar-refractivity contribution is 5.97. The van der Waals surface area contributed by atoms with Gasteiger partial charge in [0.15, 0.2) is 0 Å². The summed E-state index contributed by atoms with van der Waals surface area (Å²) in [4.78, 5) is 20.3. The monoisotopic (exact) mass is 385 g/mol. The third-order valence-electron chi connectivity index (χ3n) is 4.42. The van der Waals surface area contributed by atoms with Crippen LogP contribution in [-0.4, -0.2) is 32.8 Å². The maximum Gasteiger partial charge on any atom is 0.338 e. The lowest BCUT2D eigenvalue weighted by Gasteiger charge is -2.13. The smallest absolute Gasteiger partial charge is 0.338 e. The van der Waals surface area contributed by atoms with Crippen molar-refractivity contribution in [1.29, 1.82) is 0 Å². The van der Waals surface area contributed by atoms with Gasteiger partial charge in [0.05, 0.1) is 41.9 Å². The number of ether oxygens (including phenoxy) is 1. The topological polar surface area (TPSA) is 81.9 Å². The molecular weight excluding hydrogens is 368 g/mol. The van der Waals surface area contributed by atoms with E-state index in [2.05, 4.69) is 20.4 Å². The molecule has 4 rings (SSSR count). The number of alkyl halides is 2. The molecule has 1 N–H and O–H groups in total. The van der Waals surface area contributed by atoms with E-state index in [1.54, 1.807) is 24.4 Å². The highest BCUT2D eigenvalue weighted by atomic mass is 19.3. The number of rotatable bonds is 6. The first-order chi connectivity index (χ1) is 13.6. The molecule has 1 aliphatic carbocycles. The fourth-order valence-corrected chi connectivity index (χ4v) is 2.87. The Morgan fingerprint density at radius 2 is 2.07 bits per heavy atom. The zero-order chi connectivity index (χ0) is 19.7. The Morgan fingerprint density at radius 1 is 1.29 bits per heavy atom. The molecule has 0 radical (unpaired) electrons. The molecule has 7 nitrogen and oxygen atoms in total. The molecule has 2 heterocycles. The lowest BCUT2D eigenvalue weighted by atomic mass is 10.0. The van der Waals surface area contributed by atoms with E-state index in [0.29, 0.717) is 11.7 Å². The van der Waals surface area contributed by atoms with Crippen molar-refractivity contribution in [2.45, 2.75) is 25.3 Å². The van der Waals surface area contributed by atoms with E-state index >= 15 is 0 Å². The van der Waals surface area contributed by atoms with E-state index in [1.807, 2.05) is 10.9 Å². The molecule has 0 saturated heterocycles. The number of methoxy groups -OCH3 is 1. The molecule has 1 fully saturated rings. The highest BCUT2D eigenvalue weighted by Gasteiger charge is 2.25. The van der Waals surface area contributed by atoms with Crippen LogP contribution >= 0.6 is 0 Å². The van der Waals surface area contributed by atoms with E-state index in [0.717, 1.165) is 19.0 Å². The Balaban J connectivity index is 1.73. The summed E-state index contributed by atoms with van der Waals surface area (Å²) in [5.41, 5.74) is 0.671. The summed E-state index contributed by atoms with van der Waals surface area (Å²) < 4.78 is 33.7. The van der Waals surface area contributed by atoms with Crippen molar-refractivity contribution in [3.8, 4) is 11.3 Å². The first-order valence-corrected chi connectivity index (χ1v) is 8.71. The minimum atomic E-state index is -2.80. The minimum Gasteiger partial charge on any atom is -0.465 e. The van der Waals surface area contributed by atoms with E-state index in [4.69, 9.17) is 4.74 Å². The largest absolute Gasteiger partial charge is 0.465 e. The van der Waals surface area contributed by atoms with Crippen molar-refractivity contribution >= 4 is 17.6 Å². The second-order valence-corrected chi connectivity index (χ2v) is 6.40. The molecule has 0 amide bonds. The summed E-state index contributed by atoms with van der Waals surface area (Å²) in [6, 6.07) is 6.75. The van der Waals surface area contributed by atoms with Gasteiger partial charge in [0.25, 0.3) is 6.43 Å². The van der Waals surface area contributed by atoms with Crippen LogP contribution in [-0.2, 0) is 4.74 Å². The molecule has 1 saturated carbocycles. The summed E-state index contributed by atoms with van der Waals surface area (Å²) in [6.45, 7) is 0. The SMILES string of the molecule is COC(=O)c1ccccc1-c1nc(Nc2cnn(C3CC3)c2)ncc1C(F)F. The molecular formula is C19H17F2N5O2. The summed E-state index contributed by atoms with van der Waals surface area (Å²) >= 11 is 0. The molecule has 0 bridgehead atoms. The Morgan fingerprint density at radius 3 is 2.79 bits per heavy atom. The lowest BCUT2D eigenvalue weighted by Crippen LogP contribution is -2.07. The van der Waals surface area contributed by atoms with Crippen molar-refractivity contribution in [3.05, 3.63) is 54.0 Å². The van der Waals surface area contributed by atoms with E-state index in [9.17, 15) is 13.6 Å². The third kappa shape index (κ3) is 3.55. The van der Waals surface area contributed by atoms with Crippen molar-refractivity contribution in [2.75, 3.05) is 12.4 Å². The molecule has 1 aliphatic rings. The van der Waals surface area contributed by atoms with Gasteiger partial charge in [-0.15, -0.1) is 0 Å². The zero-order valence-electron chi connectivity index (χ0n) is 15.0. The summed E-state index contributed by atoms with van der Waals surface area (Å²) in [6.07, 6.45) is 3.90. The van der Waals surface area contributed by atoms with Gasteiger partial charge in [0.2, 0.25) is 5.95 Å². The molecule has 144 valence electrons. The second-order valence-electron chi connectivity index (χ2n) is 6.40. The van der Waals surface area contributed by atoms with Crippen LogP contribution in [0.2, 0.25) is 0 Å². The first-order valence-electron chi connectivity index (χ1n) is 8.71. The number of nitrogens with one attached hydrogen (secondary N) is 1. The van der Waals surface area contributed by atoms with Gasteiger partial charge in [-0.25, -0.2) is 23.5 Å². The molecule has 3 aromatic rings. The molecule has 1 aromatic carbocycles. The first kappa shape index (κ1) is 18.0. The summed E-state index contributed by atoms with van der Waals surface area (Å²) in [5, 5.41) is 7.25. The average Bonchev–Trinajstić information content (AvgIpc) is 3.46. The molecule has 9 heteroatoms. The van der Waals surface area contributed by atoms with Gasteiger partial charge in [-0.1, -0.05) is 18.2 Å². The third-order valence-corrected chi connectivity index (χ3v) is 4.42. The second kappa shape index (κ2) is 7.34. The van der Waals surface area contributed by atoms with Crippen molar-refractivity contribution in [1.82, 2.24) is 19.7 Å². The maximum absolute atomic E-state index is 13.6. The number of aromatic nitrogens is 4. The summed E-state index contributed by atoms with van der Waals surface area (Å²) in [5.74, 6) is -0.496. The Bertz CT molecular complexity index is 1020. The van der Waals surface area contributed by atoms with Crippen LogP contribution in [0.5, 0.6) is 0 Å². The molecule has 0 spiro atoms. The van der Waals surface area contributed by atoms with Gasteiger partial charge in [0.1, 0.15) is 0 Å². The van der Waals surface area contributed by atoms with Crippen molar-refractivity contribution in [3.63, 3.8) is 0 Å². The van der Waals surface area contributed by atoms with Gasteiger partial charge >= 0.3 is 5.97 Å². The predicted octanol–water partition coefficient (Wildman–Crippen LogP) is 4.14. The number of hydrogen-bond acceptors (Lipinski definition) is 6. The van der Waals surface area contributed by atoms with Gasteiger partial charge < -0.3 is 10.1 Å². The molecule has 28 heavy (non-hydrogen) atoms. The quantitative estimate of drug-likeness (QED) is 0.642. The fraction of sp³-hybridized carbons (Fsp3) is 0.263. The van der Waals surface area contributed by atoms with Crippen LogP contribution in [0.3, 0.4) is 0 Å². The number of nitrogens with zero attached hydrogens (tertiary/aromatic N) is 4. The lowest BCUT2D eigenvalue weighted by molar-refractivity contribution is 0.0601. The van der Waals surface area contributed by atoms with Crippen molar-refractivity contribution < 1.29 is 18.3 Å². The van der Waals surface area contributed by atoms with Gasteiger partial charge in [0, 0.05) is 18.0 Å². The highest BCUT2D eigenvalue weighted by Crippen LogP contribution is 2.35. The number of carbonyl (C=O) groups is 1. The number of anilines is 2. The number of hydrogen-bond donors (Lipinski definition) is 1. The number of esters is 1. The normalized spacial score (nSPS) is 13.6. The van der Waals surface area contributed by atoms with Crippen LogP contribution in [0.15, 0.2) is 42.9 Å². The standard InChI is InChI=1S/C19H17F2N5O2/c1-28-18(27)14-5-3-2-4-13(14)16-15(17(20)21)9-22-19(25-16)24-11-8-23-26(10-11)12-6-7-12/h2-5,8-10,12,17H,6-7H2,1H3,(H,22,24,25). The number of halogens is 2. The van der Waals surface area contributed by atoms with Crippen LogP contribution in [0.1, 0.15) is 41.2 Å². The van der Waals surface area contributed by atoms with Crippen LogP contribution in [0, 0.1) is 0 Å². The van der Waals surface area contributed by atoms with Gasteiger partial charge in [-0.2, -0.15) is 5.10 Å². The van der Waals surface area contributed by atoms with Gasteiger partial charge in [-0.3, -0.25) is 4.68 Å². The van der Waals surface area contributed by atoms with E-state index in [1.165, 1.54) is 13.2 Å². The van der Waals surface area contributed by atoms with Gasteiger partial charge in [-0.05, 0) is 18.9 Å². The molecule has 0 unspecified atom stereocenters. The summed E-state index contributed by atoms with van der Waals surface area (Å²) in [7, 11) is 1.23. The Kier molecular flexibility index (Phi) is 4.72. The molecule has 0 aliphatic heterocycles. The Hall–Kier alpha value is -3.36. The zero-order valence-corrected chi connectivity index (χ0v) is 15.0. The van der Waals surface area contributed by atoms with Crippen LogP contribution in [0.4, 0.5) is 20.4 Å². The predicted molar refractivity (Wildman–Crippen MR) is 97.5 cm³/mol. The Labute approximate surface area is 159 Å². The minimum absolute atomic E-state index is 0.0249. The average molecular weight is 385 g/mol. The van der Waals surface area contributed by atoms with Crippen molar-refractivity contribution in [2.24, 2.45) is 0 Å². The fourth-order valence-electron chi connectivity index (χ4n) is 2.87. The van der Waals surface area contributed by atoms with E-state index in [-0.39, 0.29) is 28.3 Å². The van der Waals surface area contributed by atoms with Crippen LogP contribution in [0.25, 0.3) is 11.3 Å². The van der Waals surface area contributed by atoms with E-state index < -0.39 is 12.4 Å². The maximum atomic E-state index is 13.6. The number of benzene rings is 1. The molecule has 2 aromatic heterocycles. The van der Waals surface area contributed by atoms with Crippen LogP contribution < -0.4 is 5.32 Å². The molecule has 0 atom stereocenters. The number of carbonyl (C=O) groups excluding carboxylic acids is 1.